The third-order valence-electron chi connectivity index (χ3n) is 5.62. The van der Waals surface area contributed by atoms with Crippen molar-refractivity contribution in [1.82, 2.24) is 30.8 Å². The number of H-pyrrole nitrogens is 1. The number of benzene rings is 2. The summed E-state index contributed by atoms with van der Waals surface area (Å²) in [6.45, 7) is 0.452. The molecule has 0 aliphatic rings. The van der Waals surface area contributed by atoms with Gasteiger partial charge in [0.15, 0.2) is 0 Å². The molecule has 0 unspecified atom stereocenters. The minimum absolute atomic E-state index is 0.0926. The van der Waals surface area contributed by atoms with Crippen molar-refractivity contribution in [3.63, 3.8) is 0 Å². The van der Waals surface area contributed by atoms with Crippen molar-refractivity contribution in [3.8, 4) is 22.9 Å². The van der Waals surface area contributed by atoms with Crippen molar-refractivity contribution in [2.45, 2.75) is 12.6 Å². The molecule has 0 fully saturated rings. The van der Waals surface area contributed by atoms with Gasteiger partial charge in [0, 0.05) is 43.0 Å². The highest BCUT2D eigenvalue weighted by molar-refractivity contribution is 5.83. The SMILES string of the molecule is CNC(=O)[C@@H](NCc1ccc2cc(Oc3ccc(-c4ccn[nH]4)cn3)ccc2n1)c1ccccc1. The number of fused-ring (bicyclic) bond motifs is 1. The van der Waals surface area contributed by atoms with Crippen LogP contribution in [-0.2, 0) is 11.3 Å². The zero-order valence-corrected chi connectivity index (χ0v) is 19.1. The van der Waals surface area contributed by atoms with Crippen LogP contribution in [0.3, 0.4) is 0 Å². The summed E-state index contributed by atoms with van der Waals surface area (Å²) in [7, 11) is 1.64. The standard InChI is InChI=1S/C27H24N6O2/c1-28-27(34)26(18-5-3-2-4-6-18)30-17-21-9-7-19-15-22(10-11-23(19)32-21)35-25-12-8-20(16-29-25)24-13-14-31-33-24/h2-16,26,30H,17H2,1H3,(H,28,34)(H,31,33)/t26-/m0/s1. The Balaban J connectivity index is 1.27. The summed E-state index contributed by atoms with van der Waals surface area (Å²) < 4.78 is 5.93. The topological polar surface area (TPSA) is 105 Å². The van der Waals surface area contributed by atoms with Gasteiger partial charge in [0.25, 0.3) is 0 Å². The molecule has 3 aromatic heterocycles. The summed E-state index contributed by atoms with van der Waals surface area (Å²) in [5.41, 5.74) is 4.42. The zero-order valence-electron chi connectivity index (χ0n) is 19.1. The molecule has 3 heterocycles. The van der Waals surface area contributed by atoms with Gasteiger partial charge in [-0.2, -0.15) is 5.10 Å². The Kier molecular flexibility index (Phi) is 6.45. The van der Waals surface area contributed by atoms with Gasteiger partial charge < -0.3 is 10.1 Å². The molecule has 0 saturated carbocycles. The van der Waals surface area contributed by atoms with Gasteiger partial charge >= 0.3 is 0 Å². The van der Waals surface area contributed by atoms with Crippen LogP contribution in [0.25, 0.3) is 22.2 Å². The molecule has 0 aliphatic carbocycles. The highest BCUT2D eigenvalue weighted by Crippen LogP contribution is 2.26. The van der Waals surface area contributed by atoms with Crippen molar-refractivity contribution >= 4 is 16.8 Å². The molecular formula is C27H24N6O2. The van der Waals surface area contributed by atoms with E-state index in [2.05, 4.69) is 25.8 Å². The summed E-state index contributed by atoms with van der Waals surface area (Å²) in [5.74, 6) is 1.09. The Morgan fingerprint density at radius 1 is 1.03 bits per heavy atom. The number of likely N-dealkylation sites (N-methyl/N-ethyl adjacent to an activating group) is 1. The van der Waals surface area contributed by atoms with Crippen LogP contribution in [0.4, 0.5) is 0 Å². The highest BCUT2D eigenvalue weighted by atomic mass is 16.5. The average Bonchev–Trinajstić information content (AvgIpc) is 3.45. The molecule has 0 spiro atoms. The predicted molar refractivity (Wildman–Crippen MR) is 134 cm³/mol. The van der Waals surface area contributed by atoms with Crippen LogP contribution in [0.5, 0.6) is 11.6 Å². The number of ether oxygens (including phenoxy) is 1. The Bertz CT molecular complexity index is 1420. The first kappa shape index (κ1) is 22.2. The lowest BCUT2D eigenvalue weighted by Gasteiger charge is -2.17. The van der Waals surface area contributed by atoms with E-state index in [1.54, 1.807) is 19.4 Å². The quantitative estimate of drug-likeness (QED) is 0.315. The van der Waals surface area contributed by atoms with Crippen LogP contribution in [0.1, 0.15) is 17.3 Å². The van der Waals surface area contributed by atoms with Crippen LogP contribution in [-0.4, -0.2) is 33.1 Å². The Labute approximate surface area is 202 Å². The number of nitrogens with one attached hydrogen (secondary N) is 3. The van der Waals surface area contributed by atoms with E-state index in [4.69, 9.17) is 9.72 Å². The number of rotatable bonds is 8. The van der Waals surface area contributed by atoms with E-state index in [-0.39, 0.29) is 5.91 Å². The van der Waals surface area contributed by atoms with E-state index in [1.165, 1.54) is 0 Å². The molecule has 1 atom stereocenters. The first-order valence-electron chi connectivity index (χ1n) is 11.2. The monoisotopic (exact) mass is 464 g/mol. The maximum absolute atomic E-state index is 12.4. The zero-order chi connectivity index (χ0) is 24.0. The number of aromatic amines is 1. The second-order valence-corrected chi connectivity index (χ2v) is 7.95. The maximum atomic E-state index is 12.4. The molecule has 0 aliphatic heterocycles. The molecule has 8 nitrogen and oxygen atoms in total. The molecule has 5 aromatic rings. The average molecular weight is 465 g/mol. The first-order valence-corrected chi connectivity index (χ1v) is 11.2. The molecule has 2 aromatic carbocycles. The van der Waals surface area contributed by atoms with Gasteiger partial charge in [-0.25, -0.2) is 4.98 Å². The van der Waals surface area contributed by atoms with E-state index in [0.717, 1.165) is 33.4 Å². The van der Waals surface area contributed by atoms with Crippen LogP contribution < -0.4 is 15.4 Å². The number of carbonyl (C=O) groups excluding carboxylic acids is 1. The van der Waals surface area contributed by atoms with E-state index in [1.807, 2.05) is 78.9 Å². The summed E-state index contributed by atoms with van der Waals surface area (Å²) in [6.07, 6.45) is 3.44. The lowest BCUT2D eigenvalue weighted by atomic mass is 10.1. The fourth-order valence-corrected chi connectivity index (χ4v) is 3.80. The van der Waals surface area contributed by atoms with E-state index >= 15 is 0 Å². The highest BCUT2D eigenvalue weighted by Gasteiger charge is 2.18. The van der Waals surface area contributed by atoms with Gasteiger partial charge in [0.1, 0.15) is 11.8 Å². The van der Waals surface area contributed by atoms with Gasteiger partial charge in [-0.15, -0.1) is 0 Å². The molecule has 0 radical (unpaired) electrons. The fourth-order valence-electron chi connectivity index (χ4n) is 3.80. The van der Waals surface area contributed by atoms with Crippen LogP contribution >= 0.6 is 0 Å². The summed E-state index contributed by atoms with van der Waals surface area (Å²) in [4.78, 5) is 21.5. The van der Waals surface area contributed by atoms with E-state index in [0.29, 0.717) is 18.2 Å². The first-order chi connectivity index (χ1) is 17.2. The van der Waals surface area contributed by atoms with E-state index < -0.39 is 6.04 Å². The van der Waals surface area contributed by atoms with Crippen molar-refractivity contribution < 1.29 is 9.53 Å². The third kappa shape index (κ3) is 5.18. The Morgan fingerprint density at radius 3 is 2.66 bits per heavy atom. The number of hydrogen-bond acceptors (Lipinski definition) is 6. The number of hydrogen-bond donors (Lipinski definition) is 3. The number of carbonyl (C=O) groups is 1. The van der Waals surface area contributed by atoms with Gasteiger partial charge in [-0.1, -0.05) is 36.4 Å². The lowest BCUT2D eigenvalue weighted by molar-refractivity contribution is -0.122. The molecule has 8 heteroatoms. The summed E-state index contributed by atoms with van der Waals surface area (Å²) >= 11 is 0. The molecule has 174 valence electrons. The van der Waals surface area contributed by atoms with Crippen LogP contribution in [0.15, 0.2) is 91.3 Å². The van der Waals surface area contributed by atoms with Gasteiger partial charge in [-0.05, 0) is 42.0 Å². The van der Waals surface area contributed by atoms with Crippen molar-refractivity contribution in [1.29, 1.82) is 0 Å². The second kappa shape index (κ2) is 10.1. The second-order valence-electron chi connectivity index (χ2n) is 7.95. The number of pyridine rings is 2. The summed E-state index contributed by atoms with van der Waals surface area (Å²) in [6, 6.07) is 24.5. The number of nitrogens with zero attached hydrogens (tertiary/aromatic N) is 3. The third-order valence-corrected chi connectivity index (χ3v) is 5.62. The maximum Gasteiger partial charge on any atom is 0.241 e. The fraction of sp³-hybridized carbons (Fsp3) is 0.111. The molecule has 35 heavy (non-hydrogen) atoms. The number of amides is 1. The smallest absolute Gasteiger partial charge is 0.241 e. The van der Waals surface area contributed by atoms with Crippen LogP contribution in [0.2, 0.25) is 0 Å². The van der Waals surface area contributed by atoms with Gasteiger partial charge in [0.2, 0.25) is 11.8 Å². The largest absolute Gasteiger partial charge is 0.439 e. The van der Waals surface area contributed by atoms with E-state index in [9.17, 15) is 4.79 Å². The van der Waals surface area contributed by atoms with Crippen LogP contribution in [0, 0.1) is 0 Å². The number of aromatic nitrogens is 4. The molecule has 0 bridgehead atoms. The molecule has 0 saturated heterocycles. The van der Waals surface area contributed by atoms with Gasteiger partial charge in [-0.3, -0.25) is 20.2 Å². The summed E-state index contributed by atoms with van der Waals surface area (Å²) in [5, 5.41) is 13.9. The van der Waals surface area contributed by atoms with Crippen molar-refractivity contribution in [2.24, 2.45) is 0 Å². The molecule has 1 amide bonds. The Hall–Kier alpha value is -4.56. The predicted octanol–water partition coefficient (Wildman–Crippen LogP) is 4.39. The molecule has 5 rings (SSSR count). The minimum atomic E-state index is -0.457. The minimum Gasteiger partial charge on any atom is -0.439 e. The van der Waals surface area contributed by atoms with Crippen molar-refractivity contribution in [3.05, 3.63) is 103 Å². The lowest BCUT2D eigenvalue weighted by Crippen LogP contribution is -2.35. The normalized spacial score (nSPS) is 11.8. The van der Waals surface area contributed by atoms with Crippen molar-refractivity contribution in [2.75, 3.05) is 7.05 Å². The Morgan fingerprint density at radius 2 is 1.91 bits per heavy atom. The molecule has 3 N–H and O–H groups in total. The molecular weight excluding hydrogens is 440 g/mol. The van der Waals surface area contributed by atoms with Gasteiger partial charge in [0.05, 0.1) is 16.9 Å².